The molecule has 0 bridgehead atoms. The molecule has 1 amide bonds. The molecule has 3 aromatic rings. The number of hydrogen-bond acceptors (Lipinski definition) is 4. The van der Waals surface area contributed by atoms with E-state index in [1.807, 2.05) is 0 Å². The van der Waals surface area contributed by atoms with Crippen LogP contribution in [0.2, 0.25) is 5.02 Å². The van der Waals surface area contributed by atoms with Crippen molar-refractivity contribution in [2.45, 2.75) is 0 Å². The monoisotopic (exact) mass is 335 g/mol. The van der Waals surface area contributed by atoms with Crippen LogP contribution in [0.1, 0.15) is 10.7 Å². The first-order valence-electron chi connectivity index (χ1n) is 6.39. The van der Waals surface area contributed by atoms with Crippen molar-refractivity contribution in [2.75, 3.05) is 5.32 Å². The van der Waals surface area contributed by atoms with Crippen LogP contribution in [0.25, 0.3) is 11.5 Å². The molecule has 0 atom stereocenters. The average Bonchev–Trinajstić information content (AvgIpc) is 3.01. The first kappa shape index (κ1) is 15.1. The van der Waals surface area contributed by atoms with E-state index in [4.69, 9.17) is 16.0 Å². The standard InChI is InChI=1S/C15H8ClF2N3O2/c16-9-4-1-3-8(7-9)14-20-21-15(23-14)13(22)19-12-10(17)5-2-6-11(12)18/h1-7H,(H,19,22). The number of carbonyl (C=O) groups is 1. The molecule has 0 saturated carbocycles. The van der Waals surface area contributed by atoms with Gasteiger partial charge in [0.25, 0.3) is 0 Å². The van der Waals surface area contributed by atoms with E-state index in [0.29, 0.717) is 10.6 Å². The molecule has 8 heteroatoms. The minimum atomic E-state index is -0.922. The van der Waals surface area contributed by atoms with E-state index in [-0.39, 0.29) is 5.89 Å². The lowest BCUT2D eigenvalue weighted by molar-refractivity contribution is 0.0989. The fourth-order valence-corrected chi connectivity index (χ4v) is 2.03. The van der Waals surface area contributed by atoms with Crippen LogP contribution in [0, 0.1) is 11.6 Å². The number of carbonyl (C=O) groups excluding carboxylic acids is 1. The third kappa shape index (κ3) is 3.19. The fraction of sp³-hybridized carbons (Fsp3) is 0. The molecule has 5 nitrogen and oxygen atoms in total. The zero-order valence-corrected chi connectivity index (χ0v) is 12.1. The zero-order valence-electron chi connectivity index (χ0n) is 11.4. The van der Waals surface area contributed by atoms with Crippen LogP contribution < -0.4 is 5.32 Å². The van der Waals surface area contributed by atoms with Crippen LogP contribution in [0.15, 0.2) is 46.9 Å². The van der Waals surface area contributed by atoms with Crippen molar-refractivity contribution < 1.29 is 18.0 Å². The van der Waals surface area contributed by atoms with Gasteiger partial charge >= 0.3 is 11.8 Å². The summed E-state index contributed by atoms with van der Waals surface area (Å²) in [6.07, 6.45) is 0. The molecule has 2 aromatic carbocycles. The smallest absolute Gasteiger partial charge is 0.313 e. The number of nitrogens with one attached hydrogen (secondary N) is 1. The number of aromatic nitrogens is 2. The van der Waals surface area contributed by atoms with E-state index in [2.05, 4.69) is 15.5 Å². The van der Waals surface area contributed by atoms with Crippen LogP contribution in [0.5, 0.6) is 0 Å². The molecule has 3 rings (SSSR count). The normalized spacial score (nSPS) is 10.6. The molecule has 0 spiro atoms. The van der Waals surface area contributed by atoms with E-state index in [0.717, 1.165) is 12.1 Å². The highest BCUT2D eigenvalue weighted by molar-refractivity contribution is 6.30. The number of hydrogen-bond donors (Lipinski definition) is 1. The van der Waals surface area contributed by atoms with Gasteiger partial charge in [0.05, 0.1) is 0 Å². The Hall–Kier alpha value is -2.80. The molecule has 1 N–H and O–H groups in total. The molecule has 0 aliphatic carbocycles. The summed E-state index contributed by atoms with van der Waals surface area (Å²) >= 11 is 5.85. The van der Waals surface area contributed by atoms with Gasteiger partial charge in [-0.1, -0.05) is 23.7 Å². The van der Waals surface area contributed by atoms with Crippen molar-refractivity contribution in [3.05, 3.63) is 65.0 Å². The lowest BCUT2D eigenvalue weighted by Gasteiger charge is -2.04. The van der Waals surface area contributed by atoms with Crippen molar-refractivity contribution in [2.24, 2.45) is 0 Å². The van der Waals surface area contributed by atoms with Crippen molar-refractivity contribution in [3.63, 3.8) is 0 Å². The highest BCUT2D eigenvalue weighted by Gasteiger charge is 2.19. The van der Waals surface area contributed by atoms with Gasteiger partial charge in [0, 0.05) is 10.6 Å². The number of para-hydroxylation sites is 1. The summed E-state index contributed by atoms with van der Waals surface area (Å²) in [4.78, 5) is 12.0. The van der Waals surface area contributed by atoms with Gasteiger partial charge < -0.3 is 9.73 Å². The number of amides is 1. The molecular formula is C15H8ClF2N3O2. The molecule has 1 heterocycles. The van der Waals surface area contributed by atoms with Crippen molar-refractivity contribution >= 4 is 23.2 Å². The van der Waals surface area contributed by atoms with E-state index in [1.165, 1.54) is 6.07 Å². The highest BCUT2D eigenvalue weighted by Crippen LogP contribution is 2.22. The Kier molecular flexibility index (Phi) is 4.03. The number of benzene rings is 2. The van der Waals surface area contributed by atoms with Gasteiger partial charge in [0.2, 0.25) is 5.89 Å². The molecule has 0 aliphatic rings. The largest absolute Gasteiger partial charge is 0.412 e. The zero-order chi connectivity index (χ0) is 16.4. The summed E-state index contributed by atoms with van der Waals surface area (Å²) in [5.41, 5.74) is -0.0684. The minimum absolute atomic E-state index is 0.0617. The van der Waals surface area contributed by atoms with E-state index < -0.39 is 29.1 Å². The second-order valence-corrected chi connectivity index (χ2v) is 4.91. The lowest BCUT2D eigenvalue weighted by Crippen LogP contribution is -2.14. The number of nitrogens with zero attached hydrogens (tertiary/aromatic N) is 2. The van der Waals surface area contributed by atoms with Crippen molar-refractivity contribution in [3.8, 4) is 11.5 Å². The number of halogens is 3. The quantitative estimate of drug-likeness (QED) is 0.787. The van der Waals surface area contributed by atoms with Crippen LogP contribution >= 0.6 is 11.6 Å². The van der Waals surface area contributed by atoms with Gasteiger partial charge in [0.1, 0.15) is 17.3 Å². The molecule has 1 aromatic heterocycles. The molecule has 23 heavy (non-hydrogen) atoms. The summed E-state index contributed by atoms with van der Waals surface area (Å²) in [7, 11) is 0. The second-order valence-electron chi connectivity index (χ2n) is 4.47. The first-order valence-corrected chi connectivity index (χ1v) is 6.77. The second kappa shape index (κ2) is 6.13. The van der Waals surface area contributed by atoms with Crippen LogP contribution in [0.4, 0.5) is 14.5 Å². The van der Waals surface area contributed by atoms with Gasteiger partial charge in [-0.2, -0.15) is 0 Å². The Morgan fingerprint density at radius 3 is 2.48 bits per heavy atom. The Morgan fingerprint density at radius 2 is 1.78 bits per heavy atom. The van der Waals surface area contributed by atoms with E-state index in [1.54, 1.807) is 24.3 Å². The minimum Gasteiger partial charge on any atom is -0.412 e. The summed E-state index contributed by atoms with van der Waals surface area (Å²) in [5.74, 6) is -3.11. The molecule has 0 unspecified atom stereocenters. The van der Waals surface area contributed by atoms with Gasteiger partial charge in [-0.05, 0) is 30.3 Å². The van der Waals surface area contributed by atoms with Crippen LogP contribution in [-0.4, -0.2) is 16.1 Å². The molecular weight excluding hydrogens is 328 g/mol. The van der Waals surface area contributed by atoms with E-state index in [9.17, 15) is 13.6 Å². The Labute approximate surface area is 133 Å². The topological polar surface area (TPSA) is 68.0 Å². The van der Waals surface area contributed by atoms with Crippen molar-refractivity contribution in [1.82, 2.24) is 10.2 Å². The van der Waals surface area contributed by atoms with Crippen molar-refractivity contribution in [1.29, 1.82) is 0 Å². The predicted octanol–water partition coefficient (Wildman–Crippen LogP) is 3.92. The molecule has 0 radical (unpaired) electrons. The molecule has 0 aliphatic heterocycles. The lowest BCUT2D eigenvalue weighted by atomic mass is 10.2. The summed E-state index contributed by atoms with van der Waals surface area (Å²) < 4.78 is 32.2. The SMILES string of the molecule is O=C(Nc1c(F)cccc1F)c1nnc(-c2cccc(Cl)c2)o1. The maximum atomic E-state index is 13.5. The summed E-state index contributed by atoms with van der Waals surface area (Å²) in [5, 5.41) is 9.79. The van der Waals surface area contributed by atoms with Crippen LogP contribution in [0.3, 0.4) is 0 Å². The van der Waals surface area contributed by atoms with Gasteiger partial charge in [-0.25, -0.2) is 8.78 Å². The average molecular weight is 336 g/mol. The maximum Gasteiger partial charge on any atom is 0.313 e. The molecule has 0 saturated heterocycles. The Morgan fingerprint density at radius 1 is 1.09 bits per heavy atom. The van der Waals surface area contributed by atoms with Crippen LogP contribution in [-0.2, 0) is 0 Å². The predicted molar refractivity (Wildman–Crippen MR) is 79.1 cm³/mol. The first-order chi connectivity index (χ1) is 11.0. The van der Waals surface area contributed by atoms with Gasteiger partial charge in [0.15, 0.2) is 0 Å². The third-order valence-corrected chi connectivity index (χ3v) is 3.13. The van der Waals surface area contributed by atoms with Gasteiger partial charge in [-0.15, -0.1) is 10.2 Å². The summed E-state index contributed by atoms with van der Waals surface area (Å²) in [6.45, 7) is 0. The summed E-state index contributed by atoms with van der Waals surface area (Å²) in [6, 6.07) is 9.80. The molecule has 0 fully saturated rings. The van der Waals surface area contributed by atoms with Gasteiger partial charge in [-0.3, -0.25) is 4.79 Å². The molecule has 116 valence electrons. The Balaban J connectivity index is 1.84. The maximum absolute atomic E-state index is 13.5. The Bertz CT molecular complexity index is 862. The third-order valence-electron chi connectivity index (χ3n) is 2.89. The fourth-order valence-electron chi connectivity index (χ4n) is 1.84. The highest BCUT2D eigenvalue weighted by atomic mass is 35.5. The van der Waals surface area contributed by atoms with E-state index >= 15 is 0 Å². The number of rotatable bonds is 3. The number of anilines is 1.